The summed E-state index contributed by atoms with van der Waals surface area (Å²) in [5.41, 5.74) is 11.7. The molecule has 1 aliphatic heterocycles. The number of benzene rings is 11. The number of hydrogen-bond acceptors (Lipinski definition) is 1. The molecule has 0 bridgehead atoms. The lowest BCUT2D eigenvalue weighted by atomic mass is 9.90. The van der Waals surface area contributed by atoms with Gasteiger partial charge < -0.3 is 4.57 Å². The molecule has 61 heavy (non-hydrogen) atoms. The van der Waals surface area contributed by atoms with E-state index in [1.165, 1.54) is 124 Å². The lowest BCUT2D eigenvalue weighted by molar-refractivity contribution is 1.20. The van der Waals surface area contributed by atoms with Crippen LogP contribution >= 0.6 is 11.3 Å². The lowest BCUT2D eigenvalue weighted by Crippen LogP contribution is -2.49. The molecular weight excluding hydrogens is 771 g/mol. The predicted molar refractivity (Wildman–Crippen MR) is 268 cm³/mol. The van der Waals surface area contributed by atoms with Crippen LogP contribution in [0.1, 0.15) is 0 Å². The van der Waals surface area contributed by atoms with Gasteiger partial charge in [0.15, 0.2) is 0 Å². The van der Waals surface area contributed by atoms with Crippen molar-refractivity contribution in [3.05, 3.63) is 188 Å². The SMILES string of the molecule is C[Si]1(C)c2ccccc2-c2cc3ccc4cccc5c(-n6c7ccccc7c7cc(-c8ccc9sc%10c(-c%11cccc%12ccccc%11%12)cccc%10c9c8)ccc76)cc(c21)c3c45. The Kier molecular flexibility index (Phi) is 6.66. The third kappa shape index (κ3) is 4.49. The number of aromatic nitrogens is 1. The Morgan fingerprint density at radius 3 is 1.97 bits per heavy atom. The third-order valence-electron chi connectivity index (χ3n) is 14.1. The Morgan fingerprint density at radius 2 is 1.03 bits per heavy atom. The molecule has 0 radical (unpaired) electrons. The first-order chi connectivity index (χ1) is 30.0. The van der Waals surface area contributed by atoms with Crippen molar-refractivity contribution in [2.75, 3.05) is 0 Å². The fourth-order valence-corrected chi connectivity index (χ4v) is 16.0. The van der Waals surface area contributed by atoms with Gasteiger partial charge in [0.25, 0.3) is 0 Å². The molecule has 3 heterocycles. The van der Waals surface area contributed by atoms with E-state index >= 15 is 0 Å². The fraction of sp³-hybridized carbons (Fsp3) is 0.0345. The summed E-state index contributed by atoms with van der Waals surface area (Å²) < 4.78 is 5.22. The molecule has 13 aromatic rings. The number of fused-ring (bicyclic) bond motifs is 11. The smallest absolute Gasteiger partial charge is 0.114 e. The van der Waals surface area contributed by atoms with Crippen LogP contribution in [0.4, 0.5) is 0 Å². The van der Waals surface area contributed by atoms with Gasteiger partial charge in [0.1, 0.15) is 8.07 Å². The van der Waals surface area contributed by atoms with E-state index in [4.69, 9.17) is 0 Å². The normalized spacial score (nSPS) is 13.5. The molecule has 0 unspecified atom stereocenters. The first-order valence-corrected chi connectivity index (χ1v) is 25.2. The van der Waals surface area contributed by atoms with Crippen molar-refractivity contribution < 1.29 is 0 Å². The number of rotatable bonds is 3. The van der Waals surface area contributed by atoms with E-state index in [1.54, 1.807) is 10.4 Å². The highest BCUT2D eigenvalue weighted by Crippen LogP contribution is 2.46. The summed E-state index contributed by atoms with van der Waals surface area (Å²) in [5, 5.41) is 19.0. The average Bonchev–Trinajstić information content (AvgIpc) is 3.92. The van der Waals surface area contributed by atoms with Crippen LogP contribution in [0.2, 0.25) is 13.1 Å². The summed E-state index contributed by atoms with van der Waals surface area (Å²) in [5.74, 6) is 0. The first-order valence-electron chi connectivity index (χ1n) is 21.3. The minimum atomic E-state index is -2.01. The number of para-hydroxylation sites is 1. The highest BCUT2D eigenvalue weighted by molar-refractivity contribution is 7.26. The van der Waals surface area contributed by atoms with Gasteiger partial charge in [-0.15, -0.1) is 11.3 Å². The topological polar surface area (TPSA) is 4.93 Å². The Hall–Kier alpha value is -7.04. The molecule has 1 nitrogen and oxygen atoms in total. The highest BCUT2D eigenvalue weighted by atomic mass is 32.1. The fourth-order valence-electron chi connectivity index (χ4n) is 11.4. The molecular formula is C58H37NSSi. The third-order valence-corrected chi connectivity index (χ3v) is 18.9. The van der Waals surface area contributed by atoms with Crippen LogP contribution in [0.5, 0.6) is 0 Å². The van der Waals surface area contributed by atoms with Gasteiger partial charge in [-0.1, -0.05) is 159 Å². The zero-order valence-electron chi connectivity index (χ0n) is 33.8. The van der Waals surface area contributed by atoms with Gasteiger partial charge in [0.2, 0.25) is 0 Å². The van der Waals surface area contributed by atoms with E-state index in [0.29, 0.717) is 0 Å². The van der Waals surface area contributed by atoms with Gasteiger partial charge in [0, 0.05) is 41.9 Å². The molecule has 0 amide bonds. The van der Waals surface area contributed by atoms with Crippen molar-refractivity contribution in [2.24, 2.45) is 0 Å². The number of hydrogen-bond donors (Lipinski definition) is 0. The van der Waals surface area contributed by atoms with Crippen LogP contribution in [0.3, 0.4) is 0 Å². The quantitative estimate of drug-likeness (QED) is 0.124. The summed E-state index contributed by atoms with van der Waals surface area (Å²) in [4.78, 5) is 0. The molecule has 11 aromatic carbocycles. The largest absolute Gasteiger partial charge is 0.309 e. The van der Waals surface area contributed by atoms with E-state index in [-0.39, 0.29) is 0 Å². The van der Waals surface area contributed by atoms with Gasteiger partial charge in [0.05, 0.1) is 16.7 Å². The molecule has 0 spiro atoms. The molecule has 0 fully saturated rings. The predicted octanol–water partition coefficient (Wildman–Crippen LogP) is 15.3. The summed E-state index contributed by atoms with van der Waals surface area (Å²) in [6.07, 6.45) is 0. The maximum Gasteiger partial charge on any atom is 0.114 e. The standard InChI is InChI=1S/C58H37NSSi/c1-61(2)54-23-8-6-17-42(54)48-32-38-25-24-35-14-10-21-45-52(33-49(58(48)61)56(38)55(35)45)59-50-22-7-5-16-41(50)46-30-36(26-28-51(46)59)37-27-29-53-47(31-37)44-20-11-19-43(57(44)60-53)40-18-9-13-34-12-3-4-15-39(34)40/h3-33H,1-2H3. The molecule has 3 heteroatoms. The van der Waals surface area contributed by atoms with Gasteiger partial charge in [-0.2, -0.15) is 0 Å². The Labute approximate surface area is 357 Å². The van der Waals surface area contributed by atoms with Crippen molar-refractivity contribution >= 4 is 115 Å². The van der Waals surface area contributed by atoms with Crippen LogP contribution < -0.4 is 10.4 Å². The second-order valence-corrected chi connectivity index (χ2v) is 22.9. The van der Waals surface area contributed by atoms with Crippen molar-refractivity contribution in [1.82, 2.24) is 4.57 Å². The maximum atomic E-state index is 2.56. The van der Waals surface area contributed by atoms with Crippen LogP contribution in [-0.2, 0) is 0 Å². The van der Waals surface area contributed by atoms with Crippen LogP contribution in [0.15, 0.2) is 188 Å². The second kappa shape index (κ2) is 12.0. The molecule has 0 saturated carbocycles. The van der Waals surface area contributed by atoms with E-state index in [9.17, 15) is 0 Å². The second-order valence-electron chi connectivity index (χ2n) is 17.6. The maximum absolute atomic E-state index is 2.56. The molecule has 0 aliphatic carbocycles. The molecule has 0 atom stereocenters. The highest BCUT2D eigenvalue weighted by Gasteiger charge is 2.39. The molecule has 0 N–H and O–H groups in total. The summed E-state index contributed by atoms with van der Waals surface area (Å²) in [6, 6.07) is 71.3. The average molecular weight is 808 g/mol. The Bertz CT molecular complexity index is 4030. The van der Waals surface area contributed by atoms with E-state index in [2.05, 4.69) is 206 Å². The van der Waals surface area contributed by atoms with Crippen LogP contribution in [0, 0.1) is 0 Å². The molecule has 0 saturated heterocycles. The molecule has 14 rings (SSSR count). The lowest BCUT2D eigenvalue weighted by Gasteiger charge is -2.24. The summed E-state index contributed by atoms with van der Waals surface area (Å²) >= 11 is 1.91. The van der Waals surface area contributed by atoms with Gasteiger partial charge >= 0.3 is 0 Å². The van der Waals surface area contributed by atoms with Crippen LogP contribution in [-0.4, -0.2) is 12.6 Å². The van der Waals surface area contributed by atoms with Crippen LogP contribution in [0.25, 0.3) is 124 Å². The van der Waals surface area contributed by atoms with Gasteiger partial charge in [-0.05, 0) is 118 Å². The van der Waals surface area contributed by atoms with Crippen molar-refractivity contribution in [2.45, 2.75) is 13.1 Å². The molecule has 1 aliphatic rings. The van der Waals surface area contributed by atoms with E-state index in [0.717, 1.165) is 0 Å². The Balaban J connectivity index is 0.988. The first kappa shape index (κ1) is 33.8. The van der Waals surface area contributed by atoms with E-state index in [1.807, 2.05) is 11.3 Å². The molecule has 2 aromatic heterocycles. The van der Waals surface area contributed by atoms with Crippen molar-refractivity contribution in [3.63, 3.8) is 0 Å². The zero-order chi connectivity index (χ0) is 40.1. The monoisotopic (exact) mass is 807 g/mol. The van der Waals surface area contributed by atoms with Crippen molar-refractivity contribution in [3.8, 4) is 39.1 Å². The number of nitrogens with zero attached hydrogens (tertiary/aromatic N) is 1. The minimum absolute atomic E-state index is 1.23. The van der Waals surface area contributed by atoms with Gasteiger partial charge in [-0.25, -0.2) is 0 Å². The van der Waals surface area contributed by atoms with Crippen molar-refractivity contribution in [1.29, 1.82) is 0 Å². The molecule has 284 valence electrons. The van der Waals surface area contributed by atoms with Gasteiger partial charge in [-0.3, -0.25) is 0 Å². The zero-order valence-corrected chi connectivity index (χ0v) is 35.6. The number of thiophene rings is 1. The minimum Gasteiger partial charge on any atom is -0.309 e. The van der Waals surface area contributed by atoms with E-state index < -0.39 is 8.07 Å². The Morgan fingerprint density at radius 1 is 0.393 bits per heavy atom. The summed E-state index contributed by atoms with van der Waals surface area (Å²) in [6.45, 7) is 5.10. The summed E-state index contributed by atoms with van der Waals surface area (Å²) in [7, 11) is -2.01.